The van der Waals surface area contributed by atoms with Gasteiger partial charge in [0.15, 0.2) is 0 Å². The maximum Gasteiger partial charge on any atom is 0.251 e. The molecule has 1 rings (SSSR count). The van der Waals surface area contributed by atoms with Gasteiger partial charge in [-0.2, -0.15) is 0 Å². The minimum atomic E-state index is -1.53. The zero-order valence-electron chi connectivity index (χ0n) is 9.42. The number of hydrogen-bond donors (Lipinski definition) is 1. The van der Waals surface area contributed by atoms with Gasteiger partial charge in [0.2, 0.25) is 0 Å². The Kier molecular flexibility index (Phi) is 4.86. The standard InChI is InChI=1S/C12H13NO5/c14-10(15)7-6-9(12(17)18)13-11(16)8-4-2-1-3-5-8/h1-5,9H,6-7H2,(H,13,16)(H,14,15)(H,17,18)/p-2. The van der Waals surface area contributed by atoms with E-state index in [0.717, 1.165) is 0 Å². The number of carboxylic acids is 2. The van der Waals surface area contributed by atoms with Crippen LogP contribution < -0.4 is 15.5 Å². The van der Waals surface area contributed by atoms with Crippen LogP contribution in [0.3, 0.4) is 0 Å². The summed E-state index contributed by atoms with van der Waals surface area (Å²) >= 11 is 0. The van der Waals surface area contributed by atoms with Crippen LogP contribution >= 0.6 is 0 Å². The first-order valence-corrected chi connectivity index (χ1v) is 5.27. The molecule has 0 heterocycles. The Balaban J connectivity index is 2.64. The number of aliphatic carboxylic acids is 2. The van der Waals surface area contributed by atoms with E-state index in [1.165, 1.54) is 12.1 Å². The number of hydrogen-bond acceptors (Lipinski definition) is 5. The first kappa shape index (κ1) is 13.7. The van der Waals surface area contributed by atoms with Crippen LogP contribution in [0.4, 0.5) is 0 Å². The lowest BCUT2D eigenvalue weighted by atomic mass is 10.1. The lowest BCUT2D eigenvalue weighted by Gasteiger charge is -2.19. The summed E-state index contributed by atoms with van der Waals surface area (Å²) in [6, 6.07) is 6.65. The Morgan fingerprint density at radius 3 is 2.22 bits per heavy atom. The number of carbonyl (C=O) groups is 3. The molecule has 18 heavy (non-hydrogen) atoms. The topological polar surface area (TPSA) is 109 Å². The number of benzene rings is 1. The summed E-state index contributed by atoms with van der Waals surface area (Å²) in [4.78, 5) is 32.6. The maximum absolute atomic E-state index is 11.6. The minimum Gasteiger partial charge on any atom is -0.550 e. The van der Waals surface area contributed by atoms with Gasteiger partial charge in [0, 0.05) is 11.5 Å². The second-order valence-electron chi connectivity index (χ2n) is 3.62. The summed E-state index contributed by atoms with van der Waals surface area (Å²) < 4.78 is 0. The lowest BCUT2D eigenvalue weighted by Crippen LogP contribution is -2.48. The fourth-order valence-electron chi connectivity index (χ4n) is 1.34. The van der Waals surface area contributed by atoms with Crippen LogP contribution in [0, 0.1) is 0 Å². The van der Waals surface area contributed by atoms with Crippen molar-refractivity contribution in [1.29, 1.82) is 0 Å². The molecule has 1 aromatic carbocycles. The van der Waals surface area contributed by atoms with Gasteiger partial charge < -0.3 is 25.1 Å². The highest BCUT2D eigenvalue weighted by molar-refractivity contribution is 5.96. The van der Waals surface area contributed by atoms with Gasteiger partial charge >= 0.3 is 0 Å². The molecule has 0 spiro atoms. The van der Waals surface area contributed by atoms with Crippen LogP contribution in [0.1, 0.15) is 23.2 Å². The monoisotopic (exact) mass is 249 g/mol. The van der Waals surface area contributed by atoms with Gasteiger partial charge in [0.1, 0.15) is 0 Å². The van der Waals surface area contributed by atoms with Crippen molar-refractivity contribution >= 4 is 17.8 Å². The summed E-state index contributed by atoms with van der Waals surface area (Å²) in [6.45, 7) is 0. The van der Waals surface area contributed by atoms with Crippen molar-refractivity contribution in [2.45, 2.75) is 18.9 Å². The van der Waals surface area contributed by atoms with E-state index in [1.54, 1.807) is 18.2 Å². The molecule has 1 N–H and O–H groups in total. The van der Waals surface area contributed by atoms with E-state index in [1.807, 2.05) is 0 Å². The molecule has 0 aliphatic rings. The molecule has 96 valence electrons. The van der Waals surface area contributed by atoms with Crippen molar-refractivity contribution in [3.63, 3.8) is 0 Å². The predicted molar refractivity (Wildman–Crippen MR) is 56.9 cm³/mol. The Morgan fingerprint density at radius 2 is 1.72 bits per heavy atom. The van der Waals surface area contributed by atoms with Gasteiger partial charge in [0.25, 0.3) is 5.91 Å². The van der Waals surface area contributed by atoms with Gasteiger partial charge in [-0.05, 0) is 25.0 Å². The lowest BCUT2D eigenvalue weighted by molar-refractivity contribution is -0.309. The van der Waals surface area contributed by atoms with Crippen LogP contribution in [0.2, 0.25) is 0 Å². The average Bonchev–Trinajstić information content (AvgIpc) is 2.34. The Morgan fingerprint density at radius 1 is 1.11 bits per heavy atom. The zero-order chi connectivity index (χ0) is 13.5. The Bertz CT molecular complexity index is 443. The van der Waals surface area contributed by atoms with Crippen LogP contribution in [-0.2, 0) is 9.59 Å². The second-order valence-corrected chi connectivity index (χ2v) is 3.62. The van der Waals surface area contributed by atoms with Gasteiger partial charge in [-0.15, -0.1) is 0 Å². The molecule has 6 nitrogen and oxygen atoms in total. The van der Waals surface area contributed by atoms with Crippen molar-refractivity contribution in [2.24, 2.45) is 0 Å². The van der Waals surface area contributed by atoms with E-state index in [2.05, 4.69) is 5.32 Å². The molecule has 0 radical (unpaired) electrons. The molecular formula is C12H11NO5-2. The molecule has 0 fully saturated rings. The van der Waals surface area contributed by atoms with E-state index >= 15 is 0 Å². The minimum absolute atomic E-state index is 0.275. The van der Waals surface area contributed by atoms with Gasteiger partial charge in [-0.3, -0.25) is 4.79 Å². The number of carbonyl (C=O) groups excluding carboxylic acids is 3. The molecule has 1 unspecified atom stereocenters. The summed E-state index contributed by atoms with van der Waals surface area (Å²) in [5.41, 5.74) is 0.289. The number of carboxylic acid groups (broad SMARTS) is 2. The van der Waals surface area contributed by atoms with E-state index in [4.69, 9.17) is 0 Å². The largest absolute Gasteiger partial charge is 0.550 e. The first-order valence-electron chi connectivity index (χ1n) is 5.27. The predicted octanol–water partition coefficient (Wildman–Crippen LogP) is -1.93. The molecule has 6 heteroatoms. The molecule has 1 amide bonds. The third-order valence-electron chi connectivity index (χ3n) is 2.26. The van der Waals surface area contributed by atoms with Crippen molar-refractivity contribution in [2.75, 3.05) is 0 Å². The molecule has 0 saturated carbocycles. The fraction of sp³-hybridized carbons (Fsp3) is 0.250. The Labute approximate surface area is 103 Å². The van der Waals surface area contributed by atoms with E-state index in [9.17, 15) is 24.6 Å². The van der Waals surface area contributed by atoms with E-state index in [0.29, 0.717) is 0 Å². The quantitative estimate of drug-likeness (QED) is 0.631. The molecule has 1 aromatic rings. The van der Waals surface area contributed by atoms with Crippen molar-refractivity contribution < 1.29 is 24.6 Å². The average molecular weight is 249 g/mol. The highest BCUT2D eigenvalue weighted by Crippen LogP contribution is 2.01. The maximum atomic E-state index is 11.6. The zero-order valence-corrected chi connectivity index (χ0v) is 9.42. The number of amides is 1. The highest BCUT2D eigenvalue weighted by atomic mass is 16.4. The molecule has 1 atom stereocenters. The number of rotatable bonds is 6. The smallest absolute Gasteiger partial charge is 0.251 e. The third-order valence-corrected chi connectivity index (χ3v) is 2.26. The highest BCUT2D eigenvalue weighted by Gasteiger charge is 2.14. The van der Waals surface area contributed by atoms with Gasteiger partial charge in [0.05, 0.1) is 12.0 Å². The first-order chi connectivity index (χ1) is 8.50. The van der Waals surface area contributed by atoms with Crippen molar-refractivity contribution in [1.82, 2.24) is 5.32 Å². The molecule has 0 saturated heterocycles. The number of nitrogens with one attached hydrogen (secondary N) is 1. The third kappa shape index (κ3) is 4.25. The van der Waals surface area contributed by atoms with Crippen LogP contribution in [-0.4, -0.2) is 23.9 Å². The van der Waals surface area contributed by atoms with Crippen molar-refractivity contribution in [3.05, 3.63) is 35.9 Å². The van der Waals surface area contributed by atoms with E-state index in [-0.39, 0.29) is 12.0 Å². The summed E-state index contributed by atoms with van der Waals surface area (Å²) in [5, 5.41) is 23.2. The Hall–Kier alpha value is -2.37. The van der Waals surface area contributed by atoms with Crippen LogP contribution in [0.15, 0.2) is 30.3 Å². The SMILES string of the molecule is O=C([O-])CCC(NC(=O)c1ccccc1)C(=O)[O-]. The molecule has 0 aliphatic carbocycles. The van der Waals surface area contributed by atoms with Gasteiger partial charge in [-0.25, -0.2) is 0 Å². The van der Waals surface area contributed by atoms with Gasteiger partial charge in [-0.1, -0.05) is 18.2 Å². The molecular weight excluding hydrogens is 238 g/mol. The normalized spacial score (nSPS) is 11.6. The molecule has 0 aliphatic heterocycles. The van der Waals surface area contributed by atoms with Crippen LogP contribution in [0.5, 0.6) is 0 Å². The van der Waals surface area contributed by atoms with E-state index < -0.39 is 30.3 Å². The van der Waals surface area contributed by atoms with Crippen LogP contribution in [0.25, 0.3) is 0 Å². The fourth-order valence-corrected chi connectivity index (χ4v) is 1.34. The summed E-state index contributed by atoms with van der Waals surface area (Å²) in [5.74, 6) is -3.50. The molecule has 0 bridgehead atoms. The van der Waals surface area contributed by atoms with Crippen molar-refractivity contribution in [3.8, 4) is 0 Å². The second kappa shape index (κ2) is 6.39. The summed E-state index contributed by atoms with van der Waals surface area (Å²) in [6.07, 6.45) is -0.739. The molecule has 0 aromatic heterocycles. The summed E-state index contributed by atoms with van der Waals surface area (Å²) in [7, 11) is 0.